The molecule has 156 valence electrons. The van der Waals surface area contributed by atoms with E-state index < -0.39 is 11.8 Å². The summed E-state index contributed by atoms with van der Waals surface area (Å²) < 4.78 is 11.7. The van der Waals surface area contributed by atoms with E-state index in [9.17, 15) is 9.59 Å². The minimum atomic E-state index is -0.415. The molecule has 5 rings (SSSR count). The Hall–Kier alpha value is -3.19. The van der Waals surface area contributed by atoms with Crippen molar-refractivity contribution in [3.05, 3.63) is 68.7 Å². The minimum Gasteiger partial charge on any atom is -0.493 e. The Kier molecular flexibility index (Phi) is 4.78. The van der Waals surface area contributed by atoms with Crippen LogP contribution >= 0.6 is 15.9 Å². The van der Waals surface area contributed by atoms with Crippen molar-refractivity contribution >= 4 is 44.7 Å². The average molecular weight is 479 g/mol. The number of benzene rings is 3. The van der Waals surface area contributed by atoms with Crippen LogP contribution in [0.5, 0.6) is 11.5 Å². The Balaban J connectivity index is 1.54. The van der Waals surface area contributed by atoms with E-state index in [4.69, 9.17) is 9.47 Å². The molecule has 0 radical (unpaired) electrons. The van der Waals surface area contributed by atoms with Gasteiger partial charge in [0.15, 0.2) is 11.5 Å². The number of aryl methyl sites for hydroxylation is 2. The molecule has 3 aromatic carbocycles. The Labute approximate surface area is 187 Å². The lowest BCUT2D eigenvalue weighted by molar-refractivity contribution is 0.0616. The lowest BCUT2D eigenvalue weighted by Crippen LogP contribution is -2.36. The third-order valence-corrected chi connectivity index (χ3v) is 6.29. The molecule has 0 atom stereocenters. The molecule has 1 heterocycles. The number of carbonyl (C=O) groups excluding carboxylic acids is 2. The van der Waals surface area contributed by atoms with E-state index in [1.807, 2.05) is 31.2 Å². The van der Waals surface area contributed by atoms with E-state index in [-0.39, 0.29) is 0 Å². The van der Waals surface area contributed by atoms with Gasteiger partial charge in [0.05, 0.1) is 35.5 Å². The van der Waals surface area contributed by atoms with Gasteiger partial charge in [0.1, 0.15) is 0 Å². The number of ether oxygens (including phenoxy) is 2. The first kappa shape index (κ1) is 19.8. The lowest BCUT2D eigenvalue weighted by atomic mass is 9.92. The zero-order valence-corrected chi connectivity index (χ0v) is 18.7. The zero-order valence-electron chi connectivity index (χ0n) is 17.1. The number of carbonyl (C=O) groups is 2. The maximum atomic E-state index is 13.1. The van der Waals surface area contributed by atoms with E-state index >= 15 is 0 Å². The number of nitrogens with zero attached hydrogens (tertiary/aromatic N) is 2. The van der Waals surface area contributed by atoms with Crippen LogP contribution in [0, 0.1) is 0 Å². The van der Waals surface area contributed by atoms with Crippen LogP contribution in [0.4, 0.5) is 0 Å². The van der Waals surface area contributed by atoms with Gasteiger partial charge in [-0.2, -0.15) is 10.1 Å². The smallest absolute Gasteiger partial charge is 0.282 e. The predicted octanol–water partition coefficient (Wildman–Crippen LogP) is 4.74. The van der Waals surface area contributed by atoms with Crippen molar-refractivity contribution in [3.63, 3.8) is 0 Å². The maximum Gasteiger partial charge on any atom is 0.282 e. The van der Waals surface area contributed by atoms with Crippen molar-refractivity contribution in [2.45, 2.75) is 19.8 Å². The van der Waals surface area contributed by atoms with Gasteiger partial charge in [-0.05, 0) is 82.0 Å². The molecule has 7 heteroatoms. The van der Waals surface area contributed by atoms with Crippen molar-refractivity contribution < 1.29 is 19.1 Å². The molecular formula is C24H19BrN2O4. The molecule has 0 fully saturated rings. The van der Waals surface area contributed by atoms with Crippen LogP contribution in [0.25, 0.3) is 10.8 Å². The third-order valence-electron chi connectivity index (χ3n) is 5.71. The van der Waals surface area contributed by atoms with E-state index in [1.165, 1.54) is 17.3 Å². The van der Waals surface area contributed by atoms with Crippen molar-refractivity contribution in [2.24, 2.45) is 5.10 Å². The molecule has 0 N–H and O–H groups in total. The Bertz CT molecular complexity index is 1240. The summed E-state index contributed by atoms with van der Waals surface area (Å²) >= 11 is 3.48. The Morgan fingerprint density at radius 2 is 1.68 bits per heavy atom. The van der Waals surface area contributed by atoms with Gasteiger partial charge < -0.3 is 9.47 Å². The number of rotatable bonds is 5. The highest BCUT2D eigenvalue weighted by molar-refractivity contribution is 9.10. The summed E-state index contributed by atoms with van der Waals surface area (Å²) in [5, 5.41) is 7.00. The highest BCUT2D eigenvalue weighted by atomic mass is 79.9. The van der Waals surface area contributed by atoms with Crippen LogP contribution in [0.3, 0.4) is 0 Å². The number of imide groups is 1. The summed E-state index contributed by atoms with van der Waals surface area (Å²) in [4.78, 5) is 26.3. The van der Waals surface area contributed by atoms with E-state index in [0.29, 0.717) is 39.3 Å². The summed E-state index contributed by atoms with van der Waals surface area (Å²) in [6, 6.07) is 11.1. The second-order valence-corrected chi connectivity index (χ2v) is 8.28. The predicted molar refractivity (Wildman–Crippen MR) is 121 cm³/mol. The first-order valence-corrected chi connectivity index (χ1v) is 10.8. The van der Waals surface area contributed by atoms with Crippen molar-refractivity contribution in [2.75, 3.05) is 13.7 Å². The lowest BCUT2D eigenvalue weighted by Gasteiger charge is -2.23. The van der Waals surface area contributed by atoms with Crippen LogP contribution in [0.15, 0.2) is 46.0 Å². The van der Waals surface area contributed by atoms with Crippen molar-refractivity contribution in [1.29, 1.82) is 0 Å². The standard InChI is InChI=1S/C24H19BrN2O4/c1-3-31-22-18(25)10-13(11-19(22)30-2)12-26-27-23(28)16-8-6-14-4-5-15-7-9-17(24(27)29)21(16)20(14)15/h6-12H,3-5H2,1-2H3. The van der Waals surface area contributed by atoms with E-state index in [0.717, 1.165) is 28.6 Å². The summed E-state index contributed by atoms with van der Waals surface area (Å²) in [5.41, 5.74) is 4.07. The van der Waals surface area contributed by atoms with Gasteiger partial charge >= 0.3 is 0 Å². The van der Waals surface area contributed by atoms with Crippen molar-refractivity contribution in [3.8, 4) is 11.5 Å². The number of halogens is 1. The van der Waals surface area contributed by atoms with Gasteiger partial charge in [-0.25, -0.2) is 0 Å². The third kappa shape index (κ3) is 3.03. The molecule has 6 nitrogen and oxygen atoms in total. The molecule has 2 amide bonds. The van der Waals surface area contributed by atoms with Gasteiger partial charge in [-0.15, -0.1) is 0 Å². The fraction of sp³-hybridized carbons (Fsp3) is 0.208. The maximum absolute atomic E-state index is 13.1. The van der Waals surface area contributed by atoms with Gasteiger partial charge in [0.25, 0.3) is 11.8 Å². The Morgan fingerprint density at radius 3 is 2.26 bits per heavy atom. The molecule has 0 bridgehead atoms. The zero-order chi connectivity index (χ0) is 21.7. The van der Waals surface area contributed by atoms with Crippen LogP contribution in [-0.2, 0) is 12.8 Å². The van der Waals surface area contributed by atoms with Crippen LogP contribution in [-0.4, -0.2) is 36.8 Å². The minimum absolute atomic E-state index is 0.415. The molecule has 1 aliphatic carbocycles. The molecule has 1 aliphatic heterocycles. The molecule has 0 unspecified atom stereocenters. The number of hydrazone groups is 1. The highest BCUT2D eigenvalue weighted by Crippen LogP contribution is 2.39. The second kappa shape index (κ2) is 7.50. The summed E-state index contributed by atoms with van der Waals surface area (Å²) in [6.07, 6.45) is 3.35. The quantitative estimate of drug-likeness (QED) is 0.392. The van der Waals surface area contributed by atoms with Gasteiger partial charge in [-0.1, -0.05) is 12.1 Å². The molecule has 0 saturated carbocycles. The van der Waals surface area contributed by atoms with Gasteiger partial charge in [0.2, 0.25) is 0 Å². The number of hydrogen-bond acceptors (Lipinski definition) is 5. The molecule has 0 saturated heterocycles. The topological polar surface area (TPSA) is 68.2 Å². The Morgan fingerprint density at radius 1 is 1.03 bits per heavy atom. The summed E-state index contributed by atoms with van der Waals surface area (Å²) in [6.45, 7) is 2.38. The molecule has 0 spiro atoms. The highest BCUT2D eigenvalue weighted by Gasteiger charge is 2.35. The first-order chi connectivity index (χ1) is 15.0. The molecule has 0 aromatic heterocycles. The van der Waals surface area contributed by atoms with E-state index in [1.54, 1.807) is 19.2 Å². The average Bonchev–Trinajstić information content (AvgIpc) is 3.20. The normalized spacial score (nSPS) is 14.7. The number of methoxy groups -OCH3 is 1. The first-order valence-electron chi connectivity index (χ1n) is 10.0. The second-order valence-electron chi connectivity index (χ2n) is 7.43. The van der Waals surface area contributed by atoms with Crippen LogP contribution in [0.2, 0.25) is 0 Å². The number of amides is 2. The largest absolute Gasteiger partial charge is 0.493 e. The van der Waals surface area contributed by atoms with Crippen molar-refractivity contribution in [1.82, 2.24) is 5.01 Å². The molecule has 3 aromatic rings. The monoisotopic (exact) mass is 478 g/mol. The van der Waals surface area contributed by atoms with Gasteiger partial charge in [0, 0.05) is 5.39 Å². The summed E-state index contributed by atoms with van der Waals surface area (Å²) in [7, 11) is 1.55. The fourth-order valence-electron chi connectivity index (χ4n) is 4.33. The molecule has 31 heavy (non-hydrogen) atoms. The van der Waals surface area contributed by atoms with Crippen LogP contribution in [0.1, 0.15) is 44.3 Å². The molecular weight excluding hydrogens is 460 g/mol. The summed E-state index contributed by atoms with van der Waals surface area (Å²) in [5.74, 6) is 0.287. The fourth-order valence-corrected chi connectivity index (χ4v) is 4.91. The SMILES string of the molecule is CCOc1c(Br)cc(C=NN2C(=O)c3ccc4c5c(ccc(c35)C2=O)CC4)cc1OC. The van der Waals surface area contributed by atoms with Crippen LogP contribution < -0.4 is 9.47 Å². The van der Waals surface area contributed by atoms with Gasteiger partial charge in [-0.3, -0.25) is 9.59 Å². The molecule has 2 aliphatic rings. The van der Waals surface area contributed by atoms with E-state index in [2.05, 4.69) is 21.0 Å². The number of hydrogen-bond donors (Lipinski definition) is 0.